The fraction of sp³-hybridized carbons (Fsp3) is 0.154. The first-order chi connectivity index (χ1) is 9.17. The van der Waals surface area contributed by atoms with Crippen molar-refractivity contribution in [2.75, 3.05) is 12.4 Å². The number of carbonyl (C=O) groups is 1. The Morgan fingerprint density at radius 3 is 2.47 bits per heavy atom. The molecular formula is C13H12BrN3O2. The van der Waals surface area contributed by atoms with Gasteiger partial charge in [-0.05, 0) is 33.6 Å². The molecule has 2 rings (SSSR count). The molecule has 1 heterocycles. The summed E-state index contributed by atoms with van der Waals surface area (Å²) in [6, 6.07) is 7.33. The van der Waals surface area contributed by atoms with Gasteiger partial charge in [-0.25, -0.2) is 9.97 Å². The average molecular weight is 322 g/mol. The molecule has 5 nitrogen and oxygen atoms in total. The van der Waals surface area contributed by atoms with Gasteiger partial charge in [-0.3, -0.25) is 10.1 Å². The molecule has 0 radical (unpaired) electrons. The fourth-order valence-corrected chi connectivity index (χ4v) is 1.68. The van der Waals surface area contributed by atoms with Gasteiger partial charge in [-0.1, -0.05) is 12.1 Å². The summed E-state index contributed by atoms with van der Waals surface area (Å²) >= 11 is 3.23. The van der Waals surface area contributed by atoms with Crippen molar-refractivity contribution >= 4 is 27.8 Å². The van der Waals surface area contributed by atoms with Crippen LogP contribution in [0.3, 0.4) is 0 Å². The van der Waals surface area contributed by atoms with E-state index in [0.29, 0.717) is 5.95 Å². The molecule has 98 valence electrons. The Balaban J connectivity index is 1.95. The number of methoxy groups -OCH3 is 1. The van der Waals surface area contributed by atoms with Gasteiger partial charge in [0.15, 0.2) is 0 Å². The van der Waals surface area contributed by atoms with Crippen molar-refractivity contribution in [2.24, 2.45) is 0 Å². The van der Waals surface area contributed by atoms with Crippen LogP contribution in [0.5, 0.6) is 5.75 Å². The maximum Gasteiger partial charge on any atom is 0.231 e. The summed E-state index contributed by atoms with van der Waals surface area (Å²) in [4.78, 5) is 19.7. The number of nitrogens with zero attached hydrogens (tertiary/aromatic N) is 2. The molecule has 19 heavy (non-hydrogen) atoms. The maximum atomic E-state index is 11.8. The lowest BCUT2D eigenvalue weighted by Crippen LogP contribution is -2.16. The number of rotatable bonds is 4. The molecule has 1 N–H and O–H groups in total. The summed E-state index contributed by atoms with van der Waals surface area (Å²) in [6.45, 7) is 0. The summed E-state index contributed by atoms with van der Waals surface area (Å²) in [7, 11) is 1.60. The lowest BCUT2D eigenvalue weighted by molar-refractivity contribution is -0.115. The zero-order chi connectivity index (χ0) is 13.7. The number of carbonyl (C=O) groups excluding carboxylic acids is 1. The molecule has 0 bridgehead atoms. The Morgan fingerprint density at radius 2 is 1.89 bits per heavy atom. The van der Waals surface area contributed by atoms with Gasteiger partial charge in [-0.15, -0.1) is 0 Å². The summed E-state index contributed by atoms with van der Waals surface area (Å²) in [5.74, 6) is 0.898. The largest absolute Gasteiger partial charge is 0.497 e. The minimum atomic E-state index is -0.160. The number of hydrogen-bond acceptors (Lipinski definition) is 4. The van der Waals surface area contributed by atoms with Gasteiger partial charge < -0.3 is 4.74 Å². The van der Waals surface area contributed by atoms with E-state index in [-0.39, 0.29) is 12.3 Å². The van der Waals surface area contributed by atoms with Crippen molar-refractivity contribution in [1.29, 1.82) is 0 Å². The third-order valence-corrected chi connectivity index (χ3v) is 2.80. The smallest absolute Gasteiger partial charge is 0.231 e. The van der Waals surface area contributed by atoms with E-state index in [4.69, 9.17) is 4.74 Å². The highest BCUT2D eigenvalue weighted by atomic mass is 79.9. The summed E-state index contributed by atoms with van der Waals surface area (Å²) in [6.07, 6.45) is 3.43. The number of anilines is 1. The predicted octanol–water partition coefficient (Wildman–Crippen LogP) is 2.43. The molecule has 0 saturated carbocycles. The Hall–Kier alpha value is -1.95. The van der Waals surface area contributed by atoms with E-state index >= 15 is 0 Å². The zero-order valence-electron chi connectivity index (χ0n) is 10.3. The van der Waals surface area contributed by atoms with Crippen molar-refractivity contribution in [3.8, 4) is 5.75 Å². The first-order valence-corrected chi connectivity index (χ1v) is 6.37. The minimum absolute atomic E-state index is 0.160. The maximum absolute atomic E-state index is 11.8. The van der Waals surface area contributed by atoms with Gasteiger partial charge in [-0.2, -0.15) is 0 Å². The van der Waals surface area contributed by atoms with Gasteiger partial charge >= 0.3 is 0 Å². The standard InChI is InChI=1S/C13H12BrN3O2/c1-19-11-4-2-9(3-5-11)6-12(18)17-13-15-7-10(14)8-16-13/h2-5,7-8H,6H2,1H3,(H,15,16,17,18). The zero-order valence-corrected chi connectivity index (χ0v) is 11.8. The Labute approximate surface area is 119 Å². The molecule has 1 aromatic heterocycles. The highest BCUT2D eigenvalue weighted by molar-refractivity contribution is 9.10. The van der Waals surface area contributed by atoms with Crippen LogP contribution in [-0.2, 0) is 11.2 Å². The quantitative estimate of drug-likeness (QED) is 0.939. The molecule has 1 aromatic carbocycles. The van der Waals surface area contributed by atoms with Crippen molar-refractivity contribution in [3.05, 3.63) is 46.7 Å². The molecule has 0 aliphatic carbocycles. The van der Waals surface area contributed by atoms with Crippen LogP contribution >= 0.6 is 15.9 Å². The number of halogens is 1. The van der Waals surface area contributed by atoms with Crippen LogP contribution in [0, 0.1) is 0 Å². The van der Waals surface area contributed by atoms with Crippen LogP contribution in [0.25, 0.3) is 0 Å². The number of aromatic nitrogens is 2. The van der Waals surface area contributed by atoms with E-state index in [1.54, 1.807) is 19.5 Å². The fourth-order valence-electron chi connectivity index (χ4n) is 1.47. The normalized spacial score (nSPS) is 10.0. The van der Waals surface area contributed by atoms with Crippen LogP contribution in [0.2, 0.25) is 0 Å². The molecule has 0 unspecified atom stereocenters. The Morgan fingerprint density at radius 1 is 1.26 bits per heavy atom. The lowest BCUT2D eigenvalue weighted by atomic mass is 10.1. The number of benzene rings is 1. The molecule has 0 saturated heterocycles. The highest BCUT2D eigenvalue weighted by Gasteiger charge is 2.06. The van der Waals surface area contributed by atoms with E-state index in [2.05, 4.69) is 31.2 Å². The van der Waals surface area contributed by atoms with Crippen LogP contribution in [-0.4, -0.2) is 23.0 Å². The summed E-state index contributed by atoms with van der Waals surface area (Å²) < 4.78 is 5.82. The van der Waals surface area contributed by atoms with Gasteiger partial charge in [0, 0.05) is 12.4 Å². The monoisotopic (exact) mass is 321 g/mol. The van der Waals surface area contributed by atoms with Crippen LogP contribution < -0.4 is 10.1 Å². The second-order valence-corrected chi connectivity index (χ2v) is 4.71. The van der Waals surface area contributed by atoms with Gasteiger partial charge in [0.1, 0.15) is 5.75 Å². The van der Waals surface area contributed by atoms with E-state index < -0.39 is 0 Å². The molecule has 0 spiro atoms. The molecular weight excluding hydrogens is 310 g/mol. The average Bonchev–Trinajstić information content (AvgIpc) is 2.42. The lowest BCUT2D eigenvalue weighted by Gasteiger charge is -2.04. The molecule has 0 aliphatic rings. The van der Waals surface area contributed by atoms with Crippen molar-refractivity contribution < 1.29 is 9.53 Å². The number of ether oxygens (including phenoxy) is 1. The van der Waals surface area contributed by atoms with Crippen molar-refractivity contribution in [2.45, 2.75) is 6.42 Å². The second kappa shape index (κ2) is 6.29. The van der Waals surface area contributed by atoms with Gasteiger partial charge in [0.2, 0.25) is 11.9 Å². The van der Waals surface area contributed by atoms with E-state index in [0.717, 1.165) is 15.8 Å². The minimum Gasteiger partial charge on any atom is -0.497 e. The van der Waals surface area contributed by atoms with Gasteiger partial charge in [0.05, 0.1) is 18.0 Å². The Kier molecular flexibility index (Phi) is 4.46. The summed E-state index contributed by atoms with van der Waals surface area (Å²) in [5, 5.41) is 2.63. The van der Waals surface area contributed by atoms with Crippen LogP contribution in [0.1, 0.15) is 5.56 Å². The third kappa shape index (κ3) is 4.03. The second-order valence-electron chi connectivity index (χ2n) is 3.80. The third-order valence-electron chi connectivity index (χ3n) is 2.40. The number of hydrogen-bond donors (Lipinski definition) is 1. The topological polar surface area (TPSA) is 64.1 Å². The highest BCUT2D eigenvalue weighted by Crippen LogP contribution is 2.12. The molecule has 1 amide bonds. The molecule has 0 atom stereocenters. The van der Waals surface area contributed by atoms with E-state index in [9.17, 15) is 4.79 Å². The SMILES string of the molecule is COc1ccc(CC(=O)Nc2ncc(Br)cn2)cc1. The van der Waals surface area contributed by atoms with Crippen molar-refractivity contribution in [3.63, 3.8) is 0 Å². The summed E-state index contributed by atoms with van der Waals surface area (Å²) in [5.41, 5.74) is 0.899. The number of amides is 1. The molecule has 0 fully saturated rings. The van der Waals surface area contributed by atoms with Crippen molar-refractivity contribution in [1.82, 2.24) is 9.97 Å². The number of nitrogens with one attached hydrogen (secondary N) is 1. The van der Waals surface area contributed by atoms with Crippen LogP contribution in [0.4, 0.5) is 5.95 Å². The first-order valence-electron chi connectivity index (χ1n) is 5.57. The Bertz CT molecular complexity index is 555. The molecule has 0 aliphatic heterocycles. The molecule has 6 heteroatoms. The van der Waals surface area contributed by atoms with Gasteiger partial charge in [0.25, 0.3) is 0 Å². The predicted molar refractivity (Wildman–Crippen MR) is 75.1 cm³/mol. The van der Waals surface area contributed by atoms with E-state index in [1.165, 1.54) is 0 Å². The molecule has 2 aromatic rings. The first kappa shape index (κ1) is 13.5. The van der Waals surface area contributed by atoms with Crippen LogP contribution in [0.15, 0.2) is 41.1 Å². The van der Waals surface area contributed by atoms with E-state index in [1.807, 2.05) is 24.3 Å².